The predicted octanol–water partition coefficient (Wildman–Crippen LogP) is -0.221. The van der Waals surface area contributed by atoms with E-state index in [9.17, 15) is 13.2 Å². The van der Waals surface area contributed by atoms with Gasteiger partial charge in [-0.05, 0) is 6.07 Å². The van der Waals surface area contributed by atoms with Crippen molar-refractivity contribution in [3.05, 3.63) is 18.0 Å². The van der Waals surface area contributed by atoms with Crippen molar-refractivity contribution in [1.82, 2.24) is 19.6 Å². The number of rotatable bonds is 8. The lowest BCUT2D eigenvalue weighted by Gasteiger charge is -2.33. The molecule has 0 N–H and O–H groups in total. The molecule has 0 aliphatic carbocycles. The molecule has 1 aliphatic heterocycles. The van der Waals surface area contributed by atoms with Crippen LogP contribution >= 0.6 is 0 Å². The SMILES string of the molecule is CCS(=O)(=O)CCN1Cc2ccnn2[C@@H](COCC(=O)N(C)C)C1. The first-order valence-electron chi connectivity index (χ1n) is 8.05. The van der Waals surface area contributed by atoms with Gasteiger partial charge in [0.15, 0.2) is 9.84 Å². The van der Waals surface area contributed by atoms with Crippen LogP contribution in [0.2, 0.25) is 0 Å². The van der Waals surface area contributed by atoms with Gasteiger partial charge in [-0.3, -0.25) is 14.4 Å². The van der Waals surface area contributed by atoms with Gasteiger partial charge in [0.1, 0.15) is 6.61 Å². The third-order valence-electron chi connectivity index (χ3n) is 4.15. The van der Waals surface area contributed by atoms with Crippen LogP contribution in [-0.4, -0.2) is 85.8 Å². The molecule has 1 aliphatic rings. The second-order valence-corrected chi connectivity index (χ2v) is 8.67. The van der Waals surface area contributed by atoms with Gasteiger partial charge >= 0.3 is 0 Å². The van der Waals surface area contributed by atoms with Crippen molar-refractivity contribution in [2.75, 3.05) is 51.9 Å². The number of carbonyl (C=O) groups excluding carboxylic acids is 1. The number of nitrogens with zero attached hydrogens (tertiary/aromatic N) is 4. The number of likely N-dealkylation sites (N-methyl/N-ethyl adjacent to an activating group) is 1. The van der Waals surface area contributed by atoms with Gasteiger partial charge in [-0.1, -0.05) is 6.92 Å². The summed E-state index contributed by atoms with van der Waals surface area (Å²) in [4.78, 5) is 15.2. The van der Waals surface area contributed by atoms with Crippen LogP contribution in [0.15, 0.2) is 12.3 Å². The Bertz CT molecular complexity index is 656. The third-order valence-corrected chi connectivity index (χ3v) is 5.83. The minimum absolute atomic E-state index is 0.0250. The van der Waals surface area contributed by atoms with E-state index < -0.39 is 9.84 Å². The second kappa shape index (κ2) is 8.09. The normalized spacial score (nSPS) is 18.4. The van der Waals surface area contributed by atoms with Crippen molar-refractivity contribution in [3.63, 3.8) is 0 Å². The highest BCUT2D eigenvalue weighted by molar-refractivity contribution is 7.91. The molecule has 0 fully saturated rings. The van der Waals surface area contributed by atoms with Crippen molar-refractivity contribution >= 4 is 15.7 Å². The first-order valence-corrected chi connectivity index (χ1v) is 9.87. The molecule has 2 rings (SSSR count). The van der Waals surface area contributed by atoms with E-state index >= 15 is 0 Å². The first kappa shape index (κ1) is 18.9. The lowest BCUT2D eigenvalue weighted by Crippen LogP contribution is -2.42. The smallest absolute Gasteiger partial charge is 0.248 e. The molecule has 0 spiro atoms. The summed E-state index contributed by atoms with van der Waals surface area (Å²) in [5.41, 5.74) is 1.03. The molecule has 0 unspecified atom stereocenters. The fraction of sp³-hybridized carbons (Fsp3) is 0.733. The van der Waals surface area contributed by atoms with Crippen molar-refractivity contribution in [2.45, 2.75) is 19.5 Å². The Kier molecular flexibility index (Phi) is 6.36. The molecule has 0 aromatic carbocycles. The number of ether oxygens (including phenoxy) is 1. The first-order chi connectivity index (χ1) is 11.3. The Morgan fingerprint density at radius 3 is 2.88 bits per heavy atom. The zero-order valence-electron chi connectivity index (χ0n) is 14.5. The molecular weight excluding hydrogens is 332 g/mol. The molecule has 1 aromatic heterocycles. The van der Waals surface area contributed by atoms with Gasteiger partial charge in [0.05, 0.1) is 24.1 Å². The summed E-state index contributed by atoms with van der Waals surface area (Å²) >= 11 is 0. The van der Waals surface area contributed by atoms with Gasteiger partial charge in [-0.2, -0.15) is 5.10 Å². The van der Waals surface area contributed by atoms with Gasteiger partial charge in [-0.25, -0.2) is 8.42 Å². The van der Waals surface area contributed by atoms with Crippen LogP contribution in [0.1, 0.15) is 18.7 Å². The monoisotopic (exact) mass is 358 g/mol. The number of amides is 1. The highest BCUT2D eigenvalue weighted by atomic mass is 32.2. The lowest BCUT2D eigenvalue weighted by atomic mass is 10.2. The molecule has 136 valence electrons. The van der Waals surface area contributed by atoms with Crippen LogP contribution in [0.4, 0.5) is 0 Å². The zero-order valence-corrected chi connectivity index (χ0v) is 15.3. The largest absolute Gasteiger partial charge is 0.369 e. The summed E-state index contributed by atoms with van der Waals surface area (Å²) in [6, 6.07) is 1.90. The Hall–Kier alpha value is -1.45. The summed E-state index contributed by atoms with van der Waals surface area (Å²) in [6.45, 7) is 3.89. The summed E-state index contributed by atoms with van der Waals surface area (Å²) in [5, 5.41) is 4.33. The molecule has 2 heterocycles. The van der Waals surface area contributed by atoms with E-state index in [1.807, 2.05) is 10.7 Å². The number of hydrogen-bond donors (Lipinski definition) is 0. The number of fused-ring (bicyclic) bond motifs is 1. The number of hydrogen-bond acceptors (Lipinski definition) is 6. The topological polar surface area (TPSA) is 84.7 Å². The Balaban J connectivity index is 1.94. The molecule has 0 saturated heterocycles. The third kappa shape index (κ3) is 5.02. The molecule has 1 amide bonds. The second-order valence-electron chi connectivity index (χ2n) is 6.20. The summed E-state index contributed by atoms with van der Waals surface area (Å²) in [7, 11) is 0.393. The van der Waals surface area contributed by atoms with E-state index in [-0.39, 0.29) is 30.1 Å². The Morgan fingerprint density at radius 2 is 2.21 bits per heavy atom. The van der Waals surface area contributed by atoms with Crippen LogP contribution in [0.3, 0.4) is 0 Å². The minimum Gasteiger partial charge on any atom is -0.369 e. The van der Waals surface area contributed by atoms with Gasteiger partial charge in [0.2, 0.25) is 5.91 Å². The van der Waals surface area contributed by atoms with Crippen LogP contribution in [0.5, 0.6) is 0 Å². The molecular formula is C15H26N4O4S. The van der Waals surface area contributed by atoms with Crippen molar-refractivity contribution in [3.8, 4) is 0 Å². The quantitative estimate of drug-likeness (QED) is 0.639. The number of aromatic nitrogens is 2. The zero-order chi connectivity index (χ0) is 17.7. The molecule has 9 heteroatoms. The number of sulfone groups is 1. The minimum atomic E-state index is -2.98. The summed E-state index contributed by atoms with van der Waals surface area (Å²) in [6.07, 6.45) is 1.74. The van der Waals surface area contributed by atoms with E-state index in [1.165, 1.54) is 4.90 Å². The number of carbonyl (C=O) groups is 1. The molecule has 0 radical (unpaired) electrons. The van der Waals surface area contributed by atoms with Crippen LogP contribution < -0.4 is 0 Å². The van der Waals surface area contributed by atoms with Gasteiger partial charge in [0, 0.05) is 45.7 Å². The van der Waals surface area contributed by atoms with E-state index in [4.69, 9.17) is 4.74 Å². The van der Waals surface area contributed by atoms with Crippen LogP contribution in [-0.2, 0) is 25.9 Å². The van der Waals surface area contributed by atoms with Crippen molar-refractivity contribution < 1.29 is 17.9 Å². The van der Waals surface area contributed by atoms with Crippen molar-refractivity contribution in [2.24, 2.45) is 0 Å². The van der Waals surface area contributed by atoms with Gasteiger partial charge in [-0.15, -0.1) is 0 Å². The Labute approximate surface area is 143 Å². The summed E-state index contributed by atoms with van der Waals surface area (Å²) in [5.74, 6) is 0.236. The fourth-order valence-corrected chi connectivity index (χ4v) is 3.41. The van der Waals surface area contributed by atoms with E-state index in [2.05, 4.69) is 10.00 Å². The Morgan fingerprint density at radius 1 is 1.46 bits per heavy atom. The predicted molar refractivity (Wildman–Crippen MR) is 90.4 cm³/mol. The average Bonchev–Trinajstić information content (AvgIpc) is 3.01. The fourth-order valence-electron chi connectivity index (χ4n) is 2.58. The molecule has 1 atom stereocenters. The van der Waals surface area contributed by atoms with E-state index in [0.717, 1.165) is 5.69 Å². The van der Waals surface area contributed by atoms with Crippen LogP contribution in [0.25, 0.3) is 0 Å². The molecule has 24 heavy (non-hydrogen) atoms. The highest BCUT2D eigenvalue weighted by Gasteiger charge is 2.26. The maximum Gasteiger partial charge on any atom is 0.248 e. The molecule has 0 bridgehead atoms. The van der Waals surface area contributed by atoms with Gasteiger partial charge in [0.25, 0.3) is 0 Å². The maximum atomic E-state index is 11.7. The molecule has 8 nitrogen and oxygen atoms in total. The average molecular weight is 358 g/mol. The lowest BCUT2D eigenvalue weighted by molar-refractivity contribution is -0.134. The van der Waals surface area contributed by atoms with Crippen LogP contribution in [0, 0.1) is 0 Å². The van der Waals surface area contributed by atoms with E-state index in [1.54, 1.807) is 27.2 Å². The van der Waals surface area contributed by atoms with E-state index in [0.29, 0.717) is 26.2 Å². The molecule has 1 aromatic rings. The summed E-state index contributed by atoms with van der Waals surface area (Å²) < 4.78 is 30.9. The highest BCUT2D eigenvalue weighted by Crippen LogP contribution is 2.20. The van der Waals surface area contributed by atoms with Gasteiger partial charge < -0.3 is 9.64 Å². The molecule has 0 saturated carbocycles. The standard InChI is InChI=1S/C15H26N4O4S/c1-4-24(21,22)8-7-18-9-13-5-6-16-19(13)14(10-18)11-23-12-15(20)17(2)3/h5-6,14H,4,7-12H2,1-3H3/t14-/m1/s1. The maximum absolute atomic E-state index is 11.7. The van der Waals surface area contributed by atoms with Crippen molar-refractivity contribution in [1.29, 1.82) is 0 Å².